The lowest BCUT2D eigenvalue weighted by Gasteiger charge is -1.97. The first kappa shape index (κ1) is 10.3. The van der Waals surface area contributed by atoms with Crippen molar-refractivity contribution in [3.63, 3.8) is 0 Å². The van der Waals surface area contributed by atoms with E-state index < -0.39 is 0 Å². The van der Waals surface area contributed by atoms with E-state index in [1.54, 1.807) is 23.9 Å². The molecule has 4 nitrogen and oxygen atoms in total. The van der Waals surface area contributed by atoms with Crippen LogP contribution in [0.4, 0.5) is 0 Å². The molecule has 0 radical (unpaired) electrons. The molecule has 0 aliphatic heterocycles. The predicted molar refractivity (Wildman–Crippen MR) is 58.4 cm³/mol. The van der Waals surface area contributed by atoms with Gasteiger partial charge in [-0.1, -0.05) is 11.6 Å². The number of hydrogen-bond donors (Lipinski definition) is 0. The fourth-order valence-corrected chi connectivity index (χ4v) is 2.16. The number of aryl methyl sites for hydroxylation is 1. The van der Waals surface area contributed by atoms with E-state index in [2.05, 4.69) is 10.1 Å². The lowest BCUT2D eigenvalue weighted by Crippen LogP contribution is -2.07. The second-order valence-electron chi connectivity index (χ2n) is 3.00. The molecule has 2 aromatic heterocycles. The van der Waals surface area contributed by atoms with Crippen LogP contribution in [-0.2, 0) is 13.5 Å². The molecule has 6 heteroatoms. The number of halogens is 1. The minimum Gasteiger partial charge on any atom is -0.293 e. The summed E-state index contributed by atoms with van der Waals surface area (Å²) in [7, 11) is 1.76. The smallest absolute Gasteiger partial charge is 0.180 e. The van der Waals surface area contributed by atoms with E-state index in [-0.39, 0.29) is 12.2 Å². The van der Waals surface area contributed by atoms with Gasteiger partial charge in [0.1, 0.15) is 12.2 Å². The van der Waals surface area contributed by atoms with Gasteiger partial charge in [-0.2, -0.15) is 5.10 Å². The Morgan fingerprint density at radius 1 is 1.60 bits per heavy atom. The van der Waals surface area contributed by atoms with Crippen molar-refractivity contribution in [2.24, 2.45) is 7.05 Å². The third kappa shape index (κ3) is 2.24. The summed E-state index contributed by atoms with van der Waals surface area (Å²) >= 11 is 7.03. The monoisotopic (exact) mass is 241 g/mol. The van der Waals surface area contributed by atoms with Crippen molar-refractivity contribution >= 4 is 28.7 Å². The summed E-state index contributed by atoms with van der Waals surface area (Å²) in [4.78, 5) is 16.4. The third-order valence-electron chi connectivity index (χ3n) is 1.97. The Kier molecular flexibility index (Phi) is 2.83. The molecule has 2 rings (SSSR count). The lowest BCUT2D eigenvalue weighted by molar-refractivity contribution is 0.0993. The Labute approximate surface area is 95.5 Å². The summed E-state index contributed by atoms with van der Waals surface area (Å²) in [5, 5.41) is 3.90. The molecule has 2 heterocycles. The quantitative estimate of drug-likeness (QED) is 0.772. The molecule has 0 amide bonds. The third-order valence-corrected chi connectivity index (χ3v) is 3.24. The largest absolute Gasteiger partial charge is 0.293 e. The Bertz CT molecular complexity index is 491. The maximum Gasteiger partial charge on any atom is 0.180 e. The first-order chi connectivity index (χ1) is 7.16. The molecule has 0 saturated heterocycles. The van der Waals surface area contributed by atoms with E-state index in [0.29, 0.717) is 15.0 Å². The Hall–Kier alpha value is -1.20. The summed E-state index contributed by atoms with van der Waals surface area (Å²) in [5.41, 5.74) is 0. The molecule has 0 N–H and O–H groups in total. The summed E-state index contributed by atoms with van der Waals surface area (Å²) in [6.45, 7) is 0. The van der Waals surface area contributed by atoms with Gasteiger partial charge < -0.3 is 0 Å². The van der Waals surface area contributed by atoms with E-state index in [0.717, 1.165) is 0 Å². The van der Waals surface area contributed by atoms with Crippen LogP contribution in [0.2, 0.25) is 4.34 Å². The highest BCUT2D eigenvalue weighted by Gasteiger charge is 2.12. The predicted octanol–water partition coefficient (Wildman–Crippen LogP) is 1.96. The number of carbonyl (C=O) groups excluding carboxylic acids is 1. The minimum absolute atomic E-state index is 0.0167. The van der Waals surface area contributed by atoms with Crippen LogP contribution in [0.25, 0.3) is 0 Å². The van der Waals surface area contributed by atoms with Crippen LogP contribution in [-0.4, -0.2) is 20.5 Å². The molecule has 0 saturated carbocycles. The molecule has 0 fully saturated rings. The number of aromatic nitrogens is 3. The topological polar surface area (TPSA) is 47.8 Å². The summed E-state index contributed by atoms with van der Waals surface area (Å²) in [6, 6.07) is 3.45. The minimum atomic E-state index is 0.0167. The fraction of sp³-hybridized carbons (Fsp3) is 0.222. The summed E-state index contributed by atoms with van der Waals surface area (Å²) < 4.78 is 2.21. The van der Waals surface area contributed by atoms with Gasteiger partial charge in [-0.3, -0.25) is 9.48 Å². The van der Waals surface area contributed by atoms with Crippen molar-refractivity contribution in [3.05, 3.63) is 33.5 Å². The summed E-state index contributed by atoms with van der Waals surface area (Å²) in [6.07, 6.45) is 1.69. The molecule has 0 aliphatic rings. The molecule has 0 unspecified atom stereocenters. The molecule has 78 valence electrons. The fourth-order valence-electron chi connectivity index (χ4n) is 1.18. The molecular weight excluding hydrogens is 234 g/mol. The molecule has 0 aliphatic carbocycles. The van der Waals surface area contributed by atoms with Gasteiger partial charge in [0.25, 0.3) is 0 Å². The zero-order valence-electron chi connectivity index (χ0n) is 7.98. The van der Waals surface area contributed by atoms with Crippen LogP contribution in [0, 0.1) is 0 Å². The van der Waals surface area contributed by atoms with Crippen molar-refractivity contribution in [2.45, 2.75) is 6.42 Å². The normalized spacial score (nSPS) is 10.5. The van der Waals surface area contributed by atoms with Crippen LogP contribution in [0.3, 0.4) is 0 Å². The lowest BCUT2D eigenvalue weighted by atomic mass is 10.2. The molecule has 15 heavy (non-hydrogen) atoms. The van der Waals surface area contributed by atoms with Crippen molar-refractivity contribution in [3.8, 4) is 0 Å². The second kappa shape index (κ2) is 4.12. The van der Waals surface area contributed by atoms with Gasteiger partial charge in [0, 0.05) is 7.05 Å². The van der Waals surface area contributed by atoms with Crippen LogP contribution >= 0.6 is 22.9 Å². The highest BCUT2D eigenvalue weighted by Crippen LogP contribution is 2.22. The van der Waals surface area contributed by atoms with E-state index in [4.69, 9.17) is 11.6 Å². The van der Waals surface area contributed by atoms with Crippen LogP contribution in [0.1, 0.15) is 15.5 Å². The van der Waals surface area contributed by atoms with Crippen molar-refractivity contribution in [2.75, 3.05) is 0 Å². The van der Waals surface area contributed by atoms with Gasteiger partial charge in [-0.15, -0.1) is 11.3 Å². The van der Waals surface area contributed by atoms with Gasteiger partial charge in [0.15, 0.2) is 5.78 Å². The zero-order chi connectivity index (χ0) is 10.8. The Balaban J connectivity index is 2.14. The number of hydrogen-bond acceptors (Lipinski definition) is 4. The number of thiophene rings is 1. The average Bonchev–Trinajstić information content (AvgIpc) is 2.77. The number of nitrogens with zero attached hydrogens (tertiary/aromatic N) is 3. The molecule has 0 spiro atoms. The maximum atomic E-state index is 11.7. The van der Waals surface area contributed by atoms with Gasteiger partial charge in [0.05, 0.1) is 15.6 Å². The van der Waals surface area contributed by atoms with E-state index >= 15 is 0 Å². The number of ketones is 1. The van der Waals surface area contributed by atoms with Crippen LogP contribution in [0.15, 0.2) is 18.5 Å². The zero-order valence-corrected chi connectivity index (χ0v) is 9.55. The number of carbonyl (C=O) groups is 1. The Morgan fingerprint density at radius 3 is 2.93 bits per heavy atom. The molecule has 0 bridgehead atoms. The standard InChI is InChI=1S/C9H8ClN3OS/c1-13-9(11-5-12-13)4-6(14)7-2-3-8(10)15-7/h2-3,5H,4H2,1H3. The van der Waals surface area contributed by atoms with Crippen molar-refractivity contribution in [1.82, 2.24) is 14.8 Å². The van der Waals surface area contributed by atoms with Crippen LogP contribution in [0.5, 0.6) is 0 Å². The molecule has 0 aromatic carbocycles. The average molecular weight is 242 g/mol. The second-order valence-corrected chi connectivity index (χ2v) is 4.72. The van der Waals surface area contributed by atoms with Crippen molar-refractivity contribution < 1.29 is 4.79 Å². The Morgan fingerprint density at radius 2 is 2.40 bits per heavy atom. The van der Waals surface area contributed by atoms with E-state index in [1.807, 2.05) is 0 Å². The number of Topliss-reactive ketones (excluding diaryl/α,β-unsaturated/α-hetero) is 1. The molecule has 2 aromatic rings. The van der Waals surface area contributed by atoms with Crippen LogP contribution < -0.4 is 0 Å². The van der Waals surface area contributed by atoms with Gasteiger partial charge in [-0.05, 0) is 12.1 Å². The van der Waals surface area contributed by atoms with Crippen molar-refractivity contribution in [1.29, 1.82) is 0 Å². The highest BCUT2D eigenvalue weighted by molar-refractivity contribution is 7.18. The first-order valence-corrected chi connectivity index (χ1v) is 5.47. The molecular formula is C9H8ClN3OS. The van der Waals surface area contributed by atoms with E-state index in [9.17, 15) is 4.79 Å². The highest BCUT2D eigenvalue weighted by atomic mass is 35.5. The van der Waals surface area contributed by atoms with Gasteiger partial charge >= 0.3 is 0 Å². The number of rotatable bonds is 3. The first-order valence-electron chi connectivity index (χ1n) is 4.28. The maximum absolute atomic E-state index is 11.7. The SMILES string of the molecule is Cn1ncnc1CC(=O)c1ccc(Cl)s1. The van der Waals surface area contributed by atoms with E-state index in [1.165, 1.54) is 17.7 Å². The van der Waals surface area contributed by atoms with Gasteiger partial charge in [-0.25, -0.2) is 4.98 Å². The van der Waals surface area contributed by atoms with Gasteiger partial charge in [0.2, 0.25) is 0 Å². The molecule has 0 atom stereocenters. The summed E-state index contributed by atoms with van der Waals surface area (Å²) in [5.74, 6) is 0.674.